The van der Waals surface area contributed by atoms with E-state index >= 15 is 0 Å². The molecule has 0 spiro atoms. The standard InChI is InChI=1S/C21H16N2O3S/c22-17-9-5-4-8-16(17)20-11-10-15(27-20)12-18(19(25)13-24)23-21(26)14-6-2-1-3-7-14/h1-13H,22H2,(H,23,26)/b18-12-. The van der Waals surface area contributed by atoms with Crippen LogP contribution in [0, 0.1) is 0 Å². The first-order valence-electron chi connectivity index (χ1n) is 8.11. The van der Waals surface area contributed by atoms with Crippen LogP contribution in [0.2, 0.25) is 0 Å². The molecule has 0 atom stereocenters. The Morgan fingerprint density at radius 1 is 0.926 bits per heavy atom. The number of benzene rings is 2. The van der Waals surface area contributed by atoms with Gasteiger partial charge in [-0.2, -0.15) is 0 Å². The number of anilines is 1. The molecule has 2 aromatic carbocycles. The van der Waals surface area contributed by atoms with Crippen molar-refractivity contribution in [2.24, 2.45) is 0 Å². The van der Waals surface area contributed by atoms with Crippen molar-refractivity contribution >= 4 is 41.1 Å². The lowest BCUT2D eigenvalue weighted by atomic mass is 10.1. The number of nitrogens with two attached hydrogens (primary N) is 1. The first-order chi connectivity index (χ1) is 13.1. The summed E-state index contributed by atoms with van der Waals surface area (Å²) in [5.41, 5.74) is 7.85. The fourth-order valence-electron chi connectivity index (χ4n) is 2.46. The molecule has 1 heterocycles. The molecule has 0 fully saturated rings. The van der Waals surface area contributed by atoms with Gasteiger partial charge in [0.1, 0.15) is 0 Å². The van der Waals surface area contributed by atoms with Crippen molar-refractivity contribution in [3.05, 3.63) is 82.9 Å². The molecule has 0 bridgehead atoms. The number of ketones is 1. The quantitative estimate of drug-likeness (QED) is 0.298. The molecule has 0 aliphatic rings. The number of nitrogen functional groups attached to an aromatic ring is 1. The zero-order valence-corrected chi connectivity index (χ0v) is 15.0. The zero-order valence-electron chi connectivity index (χ0n) is 14.2. The highest BCUT2D eigenvalue weighted by molar-refractivity contribution is 7.16. The van der Waals surface area contributed by atoms with Crippen molar-refractivity contribution in [3.8, 4) is 10.4 Å². The molecule has 3 aromatic rings. The lowest BCUT2D eigenvalue weighted by Gasteiger charge is -2.06. The van der Waals surface area contributed by atoms with Crippen LogP contribution in [-0.4, -0.2) is 18.0 Å². The van der Waals surface area contributed by atoms with Crippen molar-refractivity contribution in [2.45, 2.75) is 0 Å². The van der Waals surface area contributed by atoms with Crippen molar-refractivity contribution in [1.29, 1.82) is 0 Å². The van der Waals surface area contributed by atoms with Crippen LogP contribution < -0.4 is 11.1 Å². The van der Waals surface area contributed by atoms with Crippen molar-refractivity contribution in [3.63, 3.8) is 0 Å². The number of rotatable bonds is 6. The molecule has 3 rings (SSSR count). The van der Waals surface area contributed by atoms with Gasteiger partial charge in [0.25, 0.3) is 5.91 Å². The molecule has 0 saturated carbocycles. The fourth-order valence-corrected chi connectivity index (χ4v) is 3.45. The van der Waals surface area contributed by atoms with E-state index in [0.29, 0.717) is 16.1 Å². The third kappa shape index (κ3) is 4.37. The summed E-state index contributed by atoms with van der Waals surface area (Å²) in [4.78, 5) is 36.9. The molecule has 0 aliphatic carbocycles. The lowest BCUT2D eigenvalue weighted by molar-refractivity contribution is -0.127. The number of Topliss-reactive ketones (excluding diaryl/α,β-unsaturated/α-hetero) is 1. The molecule has 0 saturated heterocycles. The van der Waals surface area contributed by atoms with Crippen LogP contribution in [0.1, 0.15) is 15.2 Å². The third-order valence-corrected chi connectivity index (χ3v) is 4.86. The number of nitrogens with one attached hydrogen (secondary N) is 1. The van der Waals surface area contributed by atoms with E-state index in [0.717, 1.165) is 10.4 Å². The number of aldehydes is 1. The molecule has 1 amide bonds. The Hall–Kier alpha value is -3.51. The van der Waals surface area contributed by atoms with Crippen LogP contribution in [0.3, 0.4) is 0 Å². The second kappa shape index (κ2) is 8.25. The smallest absolute Gasteiger partial charge is 0.255 e. The molecule has 27 heavy (non-hydrogen) atoms. The van der Waals surface area contributed by atoms with Gasteiger partial charge >= 0.3 is 0 Å². The topological polar surface area (TPSA) is 89.3 Å². The summed E-state index contributed by atoms with van der Waals surface area (Å²) >= 11 is 1.40. The van der Waals surface area contributed by atoms with Gasteiger partial charge < -0.3 is 11.1 Å². The first-order valence-corrected chi connectivity index (χ1v) is 8.92. The molecule has 0 unspecified atom stereocenters. The molecule has 5 nitrogen and oxygen atoms in total. The summed E-state index contributed by atoms with van der Waals surface area (Å²) < 4.78 is 0. The van der Waals surface area contributed by atoms with E-state index in [1.54, 1.807) is 36.4 Å². The van der Waals surface area contributed by atoms with Gasteiger partial charge in [0.2, 0.25) is 5.78 Å². The van der Waals surface area contributed by atoms with E-state index in [4.69, 9.17) is 5.73 Å². The Kier molecular flexibility index (Phi) is 5.58. The van der Waals surface area contributed by atoms with Gasteiger partial charge in [-0.1, -0.05) is 36.4 Å². The molecular weight excluding hydrogens is 360 g/mol. The van der Waals surface area contributed by atoms with E-state index in [-0.39, 0.29) is 12.0 Å². The highest BCUT2D eigenvalue weighted by atomic mass is 32.1. The van der Waals surface area contributed by atoms with E-state index < -0.39 is 11.7 Å². The average Bonchev–Trinajstić information content (AvgIpc) is 3.16. The number of para-hydroxylation sites is 1. The van der Waals surface area contributed by atoms with Gasteiger partial charge in [0.05, 0.1) is 5.70 Å². The summed E-state index contributed by atoms with van der Waals surface area (Å²) in [5.74, 6) is -1.26. The van der Waals surface area contributed by atoms with Crippen molar-refractivity contribution < 1.29 is 14.4 Å². The van der Waals surface area contributed by atoms with Crippen LogP contribution in [0.25, 0.3) is 16.5 Å². The predicted molar refractivity (Wildman–Crippen MR) is 107 cm³/mol. The number of hydrogen-bond acceptors (Lipinski definition) is 5. The number of carbonyl (C=O) groups is 3. The Bertz CT molecular complexity index is 1020. The number of carbonyl (C=O) groups excluding carboxylic acids is 3. The highest BCUT2D eigenvalue weighted by Gasteiger charge is 2.14. The van der Waals surface area contributed by atoms with Gasteiger partial charge in [-0.15, -0.1) is 11.3 Å². The lowest BCUT2D eigenvalue weighted by Crippen LogP contribution is -2.27. The average molecular weight is 376 g/mol. The Morgan fingerprint density at radius 2 is 1.63 bits per heavy atom. The Labute approximate surface area is 160 Å². The van der Waals surface area contributed by atoms with E-state index in [9.17, 15) is 14.4 Å². The Morgan fingerprint density at radius 3 is 2.33 bits per heavy atom. The minimum atomic E-state index is -0.798. The van der Waals surface area contributed by atoms with Crippen molar-refractivity contribution in [2.75, 3.05) is 5.73 Å². The molecule has 1 aromatic heterocycles. The maximum atomic E-state index is 12.3. The van der Waals surface area contributed by atoms with E-state index in [2.05, 4.69) is 5.32 Å². The Balaban J connectivity index is 1.89. The molecule has 134 valence electrons. The normalized spacial score (nSPS) is 11.0. The van der Waals surface area contributed by atoms with Gasteiger partial charge in [-0.05, 0) is 36.4 Å². The second-order valence-electron chi connectivity index (χ2n) is 5.65. The third-order valence-electron chi connectivity index (χ3n) is 3.80. The summed E-state index contributed by atoms with van der Waals surface area (Å²) in [7, 11) is 0. The summed E-state index contributed by atoms with van der Waals surface area (Å²) in [6, 6.07) is 19.6. The zero-order chi connectivity index (χ0) is 19.2. The number of allylic oxidation sites excluding steroid dienone is 1. The van der Waals surface area contributed by atoms with Crippen LogP contribution in [0.4, 0.5) is 5.69 Å². The monoisotopic (exact) mass is 376 g/mol. The van der Waals surface area contributed by atoms with Crippen LogP contribution in [0.5, 0.6) is 0 Å². The van der Waals surface area contributed by atoms with Crippen molar-refractivity contribution in [1.82, 2.24) is 5.32 Å². The SMILES string of the molecule is Nc1ccccc1-c1ccc(/C=C(\NC(=O)c2ccccc2)C(=O)C=O)s1. The van der Waals surface area contributed by atoms with E-state index in [1.165, 1.54) is 17.4 Å². The summed E-state index contributed by atoms with van der Waals surface area (Å²) in [6.07, 6.45) is 1.67. The summed E-state index contributed by atoms with van der Waals surface area (Å²) in [5, 5.41) is 2.52. The van der Waals surface area contributed by atoms with E-state index in [1.807, 2.05) is 30.3 Å². The fraction of sp³-hybridized carbons (Fsp3) is 0. The maximum Gasteiger partial charge on any atom is 0.255 e. The summed E-state index contributed by atoms with van der Waals surface area (Å²) in [6.45, 7) is 0. The minimum absolute atomic E-state index is 0.0757. The number of hydrogen-bond donors (Lipinski definition) is 2. The molecule has 6 heteroatoms. The number of amides is 1. The van der Waals surface area contributed by atoms with Crippen LogP contribution >= 0.6 is 11.3 Å². The molecular formula is C21H16N2O3S. The molecule has 3 N–H and O–H groups in total. The van der Waals surface area contributed by atoms with Crippen LogP contribution in [0.15, 0.2) is 72.4 Å². The number of thiophene rings is 1. The van der Waals surface area contributed by atoms with Gasteiger partial charge in [-0.25, -0.2) is 0 Å². The van der Waals surface area contributed by atoms with Gasteiger partial charge in [0.15, 0.2) is 6.29 Å². The maximum absolute atomic E-state index is 12.3. The predicted octanol–water partition coefficient (Wildman–Crippen LogP) is 3.54. The van der Waals surface area contributed by atoms with Crippen LogP contribution in [-0.2, 0) is 9.59 Å². The highest BCUT2D eigenvalue weighted by Crippen LogP contribution is 2.32. The molecule has 0 aliphatic heterocycles. The second-order valence-corrected chi connectivity index (χ2v) is 6.76. The molecule has 0 radical (unpaired) electrons. The first kappa shape index (κ1) is 18.3. The largest absolute Gasteiger partial charge is 0.398 e. The van der Waals surface area contributed by atoms with Gasteiger partial charge in [-0.3, -0.25) is 14.4 Å². The minimum Gasteiger partial charge on any atom is -0.398 e. The van der Waals surface area contributed by atoms with Gasteiger partial charge in [0, 0.05) is 26.6 Å².